The Hall–Kier alpha value is -1.39. The van der Waals surface area contributed by atoms with E-state index in [1.54, 1.807) is 0 Å². The minimum Gasteiger partial charge on any atom is -0.459 e. The summed E-state index contributed by atoms with van der Waals surface area (Å²) in [7, 11) is 0. The fraction of sp³-hybridized carbons (Fsp3) is 0.741. The largest absolute Gasteiger partial charge is 0.459 e. The number of ether oxygens (including phenoxy) is 1. The Morgan fingerprint density at radius 2 is 1.55 bits per heavy atom. The van der Waals surface area contributed by atoms with Crippen LogP contribution in [0.25, 0.3) is 0 Å². The molecule has 0 spiro atoms. The lowest BCUT2D eigenvalue weighted by atomic mass is 9.77. The average molecular weight is 429 g/mol. The van der Waals surface area contributed by atoms with E-state index in [4.69, 9.17) is 4.74 Å². The van der Waals surface area contributed by atoms with Crippen LogP contribution < -0.4 is 0 Å². The van der Waals surface area contributed by atoms with Crippen molar-refractivity contribution in [2.75, 3.05) is 0 Å². The van der Waals surface area contributed by atoms with Gasteiger partial charge in [0.05, 0.1) is 5.56 Å². The van der Waals surface area contributed by atoms with Crippen LogP contribution in [0.4, 0.5) is 0 Å². The maximum absolute atomic E-state index is 12.8. The summed E-state index contributed by atoms with van der Waals surface area (Å²) in [6, 6.07) is 8.08. The second-order valence-electron chi connectivity index (χ2n) is 11.2. The van der Waals surface area contributed by atoms with Gasteiger partial charge in [-0.3, -0.25) is 0 Å². The fourth-order valence-electron chi connectivity index (χ4n) is 5.83. The van der Waals surface area contributed by atoms with Crippen molar-refractivity contribution in [1.29, 1.82) is 0 Å². The van der Waals surface area contributed by atoms with Gasteiger partial charge in [-0.05, 0) is 82.9 Å². The first-order valence-corrected chi connectivity index (χ1v) is 12.4. The van der Waals surface area contributed by atoms with E-state index in [-0.39, 0.29) is 12.1 Å². The molecule has 0 unspecified atom stereocenters. The molecule has 173 valence electrons. The van der Waals surface area contributed by atoms with Gasteiger partial charge in [0.25, 0.3) is 0 Å². The molecular formula is C27H42NO3. The van der Waals surface area contributed by atoms with Gasteiger partial charge >= 0.3 is 5.97 Å². The van der Waals surface area contributed by atoms with Crippen LogP contribution in [0.5, 0.6) is 0 Å². The van der Waals surface area contributed by atoms with Gasteiger partial charge in [-0.1, -0.05) is 44.7 Å². The number of hydroxylamine groups is 2. The first-order valence-electron chi connectivity index (χ1n) is 12.4. The maximum atomic E-state index is 12.8. The van der Waals surface area contributed by atoms with Gasteiger partial charge in [0.2, 0.25) is 0 Å². The SMILES string of the molecule is CCCCCC1CCC(c2ccc(C(=O)OC3CC(C)(C)N([O])C(C)(C)C3)cc2)CC1. The smallest absolute Gasteiger partial charge is 0.338 e. The van der Waals surface area contributed by atoms with E-state index in [1.807, 2.05) is 39.8 Å². The zero-order chi connectivity index (χ0) is 22.6. The van der Waals surface area contributed by atoms with Gasteiger partial charge in [0, 0.05) is 23.9 Å². The standard InChI is InChI=1S/C27H42NO3/c1-6-7-8-9-20-10-12-21(13-11-20)22-14-16-23(17-15-22)25(29)31-24-18-26(2,3)28(30)27(4,5)19-24/h14-17,20-21,24H,6-13,18-19H2,1-5H3. The van der Waals surface area contributed by atoms with Crippen LogP contribution in [0.2, 0.25) is 0 Å². The van der Waals surface area contributed by atoms with Crippen molar-refractivity contribution in [2.24, 2.45) is 5.92 Å². The molecule has 1 aromatic rings. The highest BCUT2D eigenvalue weighted by Crippen LogP contribution is 2.39. The molecule has 0 atom stereocenters. The zero-order valence-corrected chi connectivity index (χ0v) is 20.3. The summed E-state index contributed by atoms with van der Waals surface area (Å²) in [5.74, 6) is 1.25. The van der Waals surface area contributed by atoms with Crippen LogP contribution in [-0.2, 0) is 9.94 Å². The highest BCUT2D eigenvalue weighted by molar-refractivity contribution is 5.89. The minimum atomic E-state index is -0.536. The Balaban J connectivity index is 1.53. The van der Waals surface area contributed by atoms with Gasteiger partial charge in [-0.25, -0.2) is 4.79 Å². The number of carbonyl (C=O) groups excluding carboxylic acids is 1. The number of unbranched alkanes of at least 4 members (excludes halogenated alkanes) is 2. The molecule has 4 nitrogen and oxygen atoms in total. The number of hydrogen-bond acceptors (Lipinski definition) is 3. The Morgan fingerprint density at radius 1 is 0.968 bits per heavy atom. The molecule has 1 saturated carbocycles. The highest BCUT2D eigenvalue weighted by atomic mass is 16.5. The van der Waals surface area contributed by atoms with E-state index in [0.717, 1.165) is 11.0 Å². The molecule has 4 heteroatoms. The van der Waals surface area contributed by atoms with Crippen molar-refractivity contribution in [2.45, 2.75) is 122 Å². The number of piperidine rings is 1. The molecule has 2 fully saturated rings. The number of carbonyl (C=O) groups is 1. The summed E-state index contributed by atoms with van der Waals surface area (Å²) in [5, 5.41) is 13.7. The molecule has 1 aliphatic heterocycles. The van der Waals surface area contributed by atoms with Gasteiger partial charge in [0.15, 0.2) is 0 Å². The molecule has 0 N–H and O–H groups in total. The van der Waals surface area contributed by atoms with E-state index in [0.29, 0.717) is 24.3 Å². The summed E-state index contributed by atoms with van der Waals surface area (Å²) in [5.41, 5.74) is 0.889. The summed E-state index contributed by atoms with van der Waals surface area (Å²) >= 11 is 0. The van der Waals surface area contributed by atoms with Crippen molar-refractivity contribution in [3.05, 3.63) is 35.4 Å². The van der Waals surface area contributed by atoms with Gasteiger partial charge in [-0.15, -0.1) is 10.3 Å². The third-order valence-corrected chi connectivity index (χ3v) is 7.51. The molecule has 31 heavy (non-hydrogen) atoms. The third kappa shape index (κ3) is 6.10. The molecule has 0 aromatic heterocycles. The van der Waals surface area contributed by atoms with Crippen molar-refractivity contribution < 1.29 is 14.7 Å². The van der Waals surface area contributed by atoms with E-state index < -0.39 is 11.1 Å². The summed E-state index contributed by atoms with van der Waals surface area (Å²) in [6.45, 7) is 9.97. The minimum absolute atomic E-state index is 0.231. The molecule has 3 rings (SSSR count). The molecule has 0 bridgehead atoms. The average Bonchev–Trinajstić information content (AvgIpc) is 2.72. The summed E-state index contributed by atoms with van der Waals surface area (Å²) in [4.78, 5) is 12.8. The normalized spacial score (nSPS) is 26.5. The lowest BCUT2D eigenvalue weighted by molar-refractivity contribution is -0.298. The lowest BCUT2D eigenvalue weighted by Crippen LogP contribution is -2.60. The van der Waals surface area contributed by atoms with Crippen LogP contribution in [0, 0.1) is 5.92 Å². The quantitative estimate of drug-likeness (QED) is 0.345. The van der Waals surface area contributed by atoms with E-state index in [2.05, 4.69) is 19.1 Å². The van der Waals surface area contributed by atoms with E-state index in [1.165, 1.54) is 56.9 Å². The van der Waals surface area contributed by atoms with Gasteiger partial charge in [0.1, 0.15) is 6.10 Å². The third-order valence-electron chi connectivity index (χ3n) is 7.51. The van der Waals surface area contributed by atoms with Gasteiger partial charge < -0.3 is 4.74 Å². The monoisotopic (exact) mass is 428 g/mol. The molecule has 1 aromatic carbocycles. The zero-order valence-electron chi connectivity index (χ0n) is 20.3. The predicted octanol–water partition coefficient (Wildman–Crippen LogP) is 7.06. The molecule has 2 aliphatic rings. The predicted molar refractivity (Wildman–Crippen MR) is 124 cm³/mol. The molecule has 1 radical (unpaired) electrons. The van der Waals surface area contributed by atoms with Crippen molar-refractivity contribution >= 4 is 5.97 Å². The first-order chi connectivity index (χ1) is 14.6. The number of benzene rings is 1. The second-order valence-corrected chi connectivity index (χ2v) is 11.2. The molecule has 0 amide bonds. The number of hydrogen-bond donors (Lipinski definition) is 0. The van der Waals surface area contributed by atoms with E-state index >= 15 is 0 Å². The van der Waals surface area contributed by atoms with E-state index in [9.17, 15) is 10.0 Å². The van der Waals surface area contributed by atoms with Crippen molar-refractivity contribution in [3.63, 3.8) is 0 Å². The van der Waals surface area contributed by atoms with Crippen LogP contribution in [0.15, 0.2) is 24.3 Å². The van der Waals surface area contributed by atoms with Crippen molar-refractivity contribution in [3.8, 4) is 0 Å². The molecule has 1 saturated heterocycles. The summed E-state index contributed by atoms with van der Waals surface area (Å²) < 4.78 is 5.84. The maximum Gasteiger partial charge on any atom is 0.338 e. The number of rotatable bonds is 7. The van der Waals surface area contributed by atoms with Crippen LogP contribution in [-0.4, -0.2) is 28.2 Å². The lowest BCUT2D eigenvalue weighted by Gasteiger charge is -2.49. The van der Waals surface area contributed by atoms with Gasteiger partial charge in [-0.2, -0.15) is 0 Å². The Morgan fingerprint density at radius 3 is 2.10 bits per heavy atom. The number of esters is 1. The first kappa shape index (κ1) is 24.3. The van der Waals surface area contributed by atoms with Crippen molar-refractivity contribution in [1.82, 2.24) is 5.06 Å². The van der Waals surface area contributed by atoms with Crippen LogP contribution in [0.1, 0.15) is 121 Å². The molecule has 1 aliphatic carbocycles. The molecule has 1 heterocycles. The second kappa shape index (κ2) is 10.0. The number of nitrogens with zero attached hydrogens (tertiary/aromatic N) is 1. The Kier molecular flexibility index (Phi) is 7.86. The Labute approximate surface area is 189 Å². The fourth-order valence-corrected chi connectivity index (χ4v) is 5.83. The van der Waals surface area contributed by atoms with Crippen LogP contribution in [0.3, 0.4) is 0 Å². The molecular weight excluding hydrogens is 386 g/mol. The summed E-state index contributed by atoms with van der Waals surface area (Å²) in [6.07, 6.45) is 11.5. The Bertz CT molecular complexity index is 699. The van der Waals surface area contributed by atoms with Crippen LogP contribution >= 0.6 is 0 Å². The highest BCUT2D eigenvalue weighted by Gasteiger charge is 2.47. The topological polar surface area (TPSA) is 49.4 Å².